The molecule has 3 unspecified atom stereocenters. The molecule has 2 rings (SSSR count). The third-order valence-corrected chi connectivity index (χ3v) is 7.13. The number of hydrogen-bond acceptors (Lipinski definition) is 3. The van der Waals surface area contributed by atoms with Gasteiger partial charge in [0.05, 0.1) is 10.9 Å². The van der Waals surface area contributed by atoms with Crippen molar-refractivity contribution in [3.05, 3.63) is 0 Å². The Balaban J connectivity index is 2.06. The first-order valence-corrected chi connectivity index (χ1v) is 9.68. The van der Waals surface area contributed by atoms with Gasteiger partial charge in [0.15, 0.2) is 0 Å². The van der Waals surface area contributed by atoms with Crippen molar-refractivity contribution in [2.75, 3.05) is 6.26 Å². The maximum absolute atomic E-state index is 11.8. The molecule has 0 saturated heterocycles. The van der Waals surface area contributed by atoms with E-state index in [9.17, 15) is 13.5 Å². The highest BCUT2D eigenvalue weighted by molar-refractivity contribution is 7.91. The largest absolute Gasteiger partial charge is 0.390 e. The fourth-order valence-corrected chi connectivity index (χ4v) is 5.26. The van der Waals surface area contributed by atoms with Gasteiger partial charge in [0, 0.05) is 6.26 Å². The molecule has 4 heteroatoms. The van der Waals surface area contributed by atoms with E-state index in [1.807, 2.05) is 6.92 Å². The third kappa shape index (κ3) is 3.52. The normalized spacial score (nSPS) is 33.8. The van der Waals surface area contributed by atoms with E-state index >= 15 is 0 Å². The summed E-state index contributed by atoms with van der Waals surface area (Å²) in [7, 11) is -2.96. The van der Waals surface area contributed by atoms with Gasteiger partial charge >= 0.3 is 0 Å². The van der Waals surface area contributed by atoms with Crippen molar-refractivity contribution in [1.82, 2.24) is 0 Å². The maximum Gasteiger partial charge on any atom is 0.150 e. The zero-order chi connectivity index (χ0) is 14.1. The van der Waals surface area contributed by atoms with E-state index < -0.39 is 15.4 Å². The van der Waals surface area contributed by atoms with Crippen molar-refractivity contribution < 1.29 is 13.5 Å². The topological polar surface area (TPSA) is 54.4 Å². The summed E-state index contributed by atoms with van der Waals surface area (Å²) in [5, 5.41) is 10.7. The summed E-state index contributed by atoms with van der Waals surface area (Å²) < 4.78 is 23.5. The Hall–Kier alpha value is -0.0900. The molecule has 2 fully saturated rings. The molecule has 1 N–H and O–H groups in total. The van der Waals surface area contributed by atoms with Crippen LogP contribution in [0.5, 0.6) is 0 Å². The Bertz CT molecular complexity index is 394. The van der Waals surface area contributed by atoms with E-state index in [1.165, 1.54) is 25.5 Å². The van der Waals surface area contributed by atoms with Gasteiger partial charge < -0.3 is 5.11 Å². The molecule has 0 aromatic heterocycles. The SMILES string of the molecule is CC(O)(C1CCCCC1)C1CCCC(S(C)(=O)=O)C1. The van der Waals surface area contributed by atoms with E-state index in [0.717, 1.165) is 32.1 Å². The minimum Gasteiger partial charge on any atom is -0.390 e. The smallest absolute Gasteiger partial charge is 0.150 e. The summed E-state index contributed by atoms with van der Waals surface area (Å²) in [6, 6.07) is 0. The van der Waals surface area contributed by atoms with Crippen molar-refractivity contribution in [3.63, 3.8) is 0 Å². The molecule has 0 aromatic rings. The highest BCUT2D eigenvalue weighted by Crippen LogP contribution is 2.43. The van der Waals surface area contributed by atoms with Crippen LogP contribution in [-0.2, 0) is 9.84 Å². The number of hydrogen-bond donors (Lipinski definition) is 1. The standard InChI is InChI=1S/C15H28O3S/c1-15(16,12-7-4-3-5-8-12)13-9-6-10-14(11-13)19(2,17)18/h12-14,16H,3-11H2,1-2H3. The van der Waals surface area contributed by atoms with Crippen LogP contribution < -0.4 is 0 Å². The Morgan fingerprint density at radius 1 is 0.947 bits per heavy atom. The van der Waals surface area contributed by atoms with Gasteiger partial charge in [0.1, 0.15) is 9.84 Å². The molecule has 0 amide bonds. The van der Waals surface area contributed by atoms with Crippen LogP contribution in [0.15, 0.2) is 0 Å². The van der Waals surface area contributed by atoms with Gasteiger partial charge in [-0.05, 0) is 50.9 Å². The molecule has 2 aliphatic carbocycles. The third-order valence-electron chi connectivity index (χ3n) is 5.49. The molecule has 3 nitrogen and oxygen atoms in total. The van der Waals surface area contributed by atoms with Crippen LogP contribution in [0.3, 0.4) is 0 Å². The monoisotopic (exact) mass is 288 g/mol. The minimum absolute atomic E-state index is 0.157. The molecule has 2 aliphatic rings. The van der Waals surface area contributed by atoms with Crippen LogP contribution in [0.4, 0.5) is 0 Å². The molecule has 0 bridgehead atoms. The van der Waals surface area contributed by atoms with Crippen molar-refractivity contribution in [2.45, 2.75) is 75.6 Å². The van der Waals surface area contributed by atoms with Crippen LogP contribution in [0.1, 0.15) is 64.7 Å². The predicted octanol–water partition coefficient (Wildman–Crippen LogP) is 2.92. The van der Waals surface area contributed by atoms with Gasteiger partial charge in [0.2, 0.25) is 0 Å². The Labute approximate surface area is 117 Å². The maximum atomic E-state index is 11.8. The van der Waals surface area contributed by atoms with Crippen LogP contribution in [-0.4, -0.2) is 30.6 Å². The van der Waals surface area contributed by atoms with Crippen molar-refractivity contribution in [2.24, 2.45) is 11.8 Å². The van der Waals surface area contributed by atoms with E-state index in [4.69, 9.17) is 0 Å². The summed E-state index contributed by atoms with van der Waals surface area (Å²) in [4.78, 5) is 0. The Morgan fingerprint density at radius 3 is 2.11 bits per heavy atom. The summed E-state index contributed by atoms with van der Waals surface area (Å²) in [6.45, 7) is 1.96. The lowest BCUT2D eigenvalue weighted by atomic mass is 9.67. The molecule has 0 spiro atoms. The average molecular weight is 288 g/mol. The van der Waals surface area contributed by atoms with Crippen LogP contribution in [0.25, 0.3) is 0 Å². The second-order valence-corrected chi connectivity index (χ2v) is 9.20. The van der Waals surface area contributed by atoms with E-state index in [1.54, 1.807) is 0 Å². The molecular formula is C15H28O3S. The van der Waals surface area contributed by atoms with Crippen molar-refractivity contribution in [1.29, 1.82) is 0 Å². The summed E-state index contributed by atoms with van der Waals surface area (Å²) in [5.74, 6) is 0.522. The lowest BCUT2D eigenvalue weighted by Gasteiger charge is -2.44. The Morgan fingerprint density at radius 2 is 1.53 bits per heavy atom. The minimum atomic E-state index is -2.96. The van der Waals surface area contributed by atoms with Gasteiger partial charge in [-0.2, -0.15) is 0 Å². The first-order chi connectivity index (χ1) is 8.82. The van der Waals surface area contributed by atoms with Crippen LogP contribution in [0.2, 0.25) is 0 Å². The zero-order valence-electron chi connectivity index (χ0n) is 12.3. The van der Waals surface area contributed by atoms with E-state index in [2.05, 4.69) is 0 Å². The van der Waals surface area contributed by atoms with Gasteiger partial charge in [-0.3, -0.25) is 0 Å². The first kappa shape index (κ1) is 15.3. The first-order valence-electron chi connectivity index (χ1n) is 7.73. The summed E-state index contributed by atoms with van der Waals surface area (Å²) in [6.07, 6.45) is 10.6. The molecule has 2 saturated carbocycles. The van der Waals surface area contributed by atoms with Crippen molar-refractivity contribution in [3.8, 4) is 0 Å². The molecule has 0 aromatic carbocycles. The molecule has 0 heterocycles. The summed E-state index contributed by atoms with van der Waals surface area (Å²) >= 11 is 0. The quantitative estimate of drug-likeness (QED) is 0.868. The lowest BCUT2D eigenvalue weighted by molar-refractivity contribution is -0.0760. The molecule has 3 atom stereocenters. The van der Waals surface area contributed by atoms with E-state index in [0.29, 0.717) is 12.3 Å². The second kappa shape index (κ2) is 5.72. The highest BCUT2D eigenvalue weighted by Gasteiger charge is 2.43. The van der Waals surface area contributed by atoms with E-state index in [-0.39, 0.29) is 11.2 Å². The molecule has 112 valence electrons. The molecular weight excluding hydrogens is 260 g/mol. The number of sulfone groups is 1. The lowest BCUT2D eigenvalue weighted by Crippen LogP contribution is -2.46. The second-order valence-electron chi connectivity index (χ2n) is 6.88. The van der Waals surface area contributed by atoms with Gasteiger partial charge in [-0.1, -0.05) is 25.7 Å². The number of aliphatic hydroxyl groups is 1. The fraction of sp³-hybridized carbons (Fsp3) is 1.00. The van der Waals surface area contributed by atoms with Gasteiger partial charge in [-0.15, -0.1) is 0 Å². The van der Waals surface area contributed by atoms with Crippen LogP contribution >= 0.6 is 0 Å². The molecule has 19 heavy (non-hydrogen) atoms. The van der Waals surface area contributed by atoms with Gasteiger partial charge in [0.25, 0.3) is 0 Å². The predicted molar refractivity (Wildman–Crippen MR) is 77.8 cm³/mol. The van der Waals surface area contributed by atoms with Crippen LogP contribution in [0, 0.1) is 11.8 Å². The number of rotatable bonds is 3. The fourth-order valence-electron chi connectivity index (χ4n) is 4.09. The zero-order valence-corrected chi connectivity index (χ0v) is 13.1. The molecule has 0 radical (unpaired) electrons. The highest BCUT2D eigenvalue weighted by atomic mass is 32.2. The van der Waals surface area contributed by atoms with Gasteiger partial charge in [-0.25, -0.2) is 8.42 Å². The summed E-state index contributed by atoms with van der Waals surface area (Å²) in [5.41, 5.74) is -0.677. The van der Waals surface area contributed by atoms with Crippen molar-refractivity contribution >= 4 is 9.84 Å². The average Bonchev–Trinajstić information content (AvgIpc) is 2.39. The Kier molecular flexibility index (Phi) is 4.61. The molecule has 0 aliphatic heterocycles.